The molecule has 7 heteroatoms. The van der Waals surface area contributed by atoms with Gasteiger partial charge >= 0.3 is 0 Å². The second-order valence-corrected chi connectivity index (χ2v) is 7.54. The lowest BCUT2D eigenvalue weighted by atomic mass is 9.98. The number of nitrogens with two attached hydrogens (primary N) is 1. The van der Waals surface area contributed by atoms with Crippen LogP contribution < -0.4 is 10.5 Å². The van der Waals surface area contributed by atoms with Gasteiger partial charge in [-0.25, -0.2) is 8.78 Å². The van der Waals surface area contributed by atoms with Gasteiger partial charge in [0.25, 0.3) is 0 Å². The fraction of sp³-hybridized carbons (Fsp3) is 0.333. The van der Waals surface area contributed by atoms with Crippen LogP contribution in [-0.4, -0.2) is 23.1 Å². The molecule has 0 saturated carbocycles. The molecule has 1 aromatic carbocycles. The second kappa shape index (κ2) is 8.80. The van der Waals surface area contributed by atoms with Crippen molar-refractivity contribution in [2.75, 3.05) is 13.2 Å². The molecule has 0 spiro atoms. The monoisotopic (exact) mass is 405 g/mol. The quantitative estimate of drug-likeness (QED) is 0.584. The van der Waals surface area contributed by atoms with Crippen molar-refractivity contribution in [2.24, 2.45) is 17.6 Å². The number of halogens is 3. The second-order valence-electron chi connectivity index (χ2n) is 7.13. The Morgan fingerprint density at radius 1 is 1.14 bits per heavy atom. The van der Waals surface area contributed by atoms with E-state index in [1.165, 1.54) is 18.5 Å². The molecule has 3 aromatic rings. The van der Waals surface area contributed by atoms with Crippen LogP contribution in [-0.2, 0) is 0 Å². The van der Waals surface area contributed by atoms with E-state index in [9.17, 15) is 8.78 Å². The Morgan fingerprint density at radius 2 is 1.93 bits per heavy atom. The van der Waals surface area contributed by atoms with Gasteiger partial charge in [-0.15, -0.1) is 0 Å². The van der Waals surface area contributed by atoms with E-state index < -0.39 is 11.6 Å². The molecule has 2 heterocycles. The molecular weight excluding hydrogens is 384 g/mol. The first-order valence-electron chi connectivity index (χ1n) is 9.11. The van der Waals surface area contributed by atoms with Gasteiger partial charge in [0.2, 0.25) is 0 Å². The van der Waals surface area contributed by atoms with Crippen molar-refractivity contribution in [1.82, 2.24) is 9.97 Å². The summed E-state index contributed by atoms with van der Waals surface area (Å²) in [6, 6.07) is 5.25. The molecule has 0 aliphatic heterocycles. The molecule has 2 unspecified atom stereocenters. The van der Waals surface area contributed by atoms with E-state index in [2.05, 4.69) is 23.8 Å². The van der Waals surface area contributed by atoms with Gasteiger partial charge in [0, 0.05) is 29.3 Å². The zero-order chi connectivity index (χ0) is 20.3. The molecule has 2 N–H and O–H groups in total. The predicted molar refractivity (Wildman–Crippen MR) is 107 cm³/mol. The van der Waals surface area contributed by atoms with Gasteiger partial charge in [-0.05, 0) is 36.9 Å². The number of benzene rings is 1. The molecule has 0 amide bonds. The van der Waals surface area contributed by atoms with Gasteiger partial charge in [-0.3, -0.25) is 9.97 Å². The molecule has 0 radical (unpaired) electrons. The van der Waals surface area contributed by atoms with Crippen LogP contribution in [0, 0.1) is 23.5 Å². The average Bonchev–Trinajstić information content (AvgIpc) is 2.66. The summed E-state index contributed by atoms with van der Waals surface area (Å²) in [7, 11) is 0. The van der Waals surface area contributed by atoms with Crippen molar-refractivity contribution in [1.29, 1.82) is 0 Å². The fourth-order valence-electron chi connectivity index (χ4n) is 3.17. The molecule has 0 aliphatic rings. The summed E-state index contributed by atoms with van der Waals surface area (Å²) < 4.78 is 33.6. The van der Waals surface area contributed by atoms with Gasteiger partial charge in [0.05, 0.1) is 29.0 Å². The molecule has 148 valence electrons. The van der Waals surface area contributed by atoms with Crippen LogP contribution in [0.25, 0.3) is 22.2 Å². The zero-order valence-corrected chi connectivity index (χ0v) is 16.5. The summed E-state index contributed by atoms with van der Waals surface area (Å²) in [5.41, 5.74) is 6.82. The van der Waals surface area contributed by atoms with E-state index in [4.69, 9.17) is 22.1 Å². The third kappa shape index (κ3) is 4.56. The topological polar surface area (TPSA) is 61.0 Å². The van der Waals surface area contributed by atoms with Gasteiger partial charge in [0.15, 0.2) is 5.75 Å². The average molecular weight is 406 g/mol. The summed E-state index contributed by atoms with van der Waals surface area (Å²) in [4.78, 5) is 8.39. The molecule has 2 aromatic heterocycles. The van der Waals surface area contributed by atoms with Crippen molar-refractivity contribution in [3.05, 3.63) is 53.3 Å². The third-order valence-corrected chi connectivity index (χ3v) is 4.88. The van der Waals surface area contributed by atoms with Crippen molar-refractivity contribution in [3.63, 3.8) is 0 Å². The number of hydrogen-bond acceptors (Lipinski definition) is 4. The Morgan fingerprint density at radius 3 is 2.64 bits per heavy atom. The minimum Gasteiger partial charge on any atom is -0.490 e. The van der Waals surface area contributed by atoms with E-state index in [1.807, 2.05) is 0 Å². The number of nitrogens with zero attached hydrogens (tertiary/aromatic N) is 2. The highest BCUT2D eigenvalue weighted by Gasteiger charge is 2.15. The Bertz CT molecular complexity index is 983. The summed E-state index contributed by atoms with van der Waals surface area (Å²) >= 11 is 6.36. The van der Waals surface area contributed by atoms with Crippen LogP contribution >= 0.6 is 11.6 Å². The highest BCUT2D eigenvalue weighted by Crippen LogP contribution is 2.33. The molecule has 4 nitrogen and oxygen atoms in total. The van der Waals surface area contributed by atoms with Crippen molar-refractivity contribution in [2.45, 2.75) is 20.3 Å². The Hall–Kier alpha value is -2.31. The molecular formula is C21H22ClF2N3O. The maximum Gasteiger partial charge on any atom is 0.156 e. The normalized spacial score (nSPS) is 13.5. The minimum absolute atomic E-state index is 0.200. The van der Waals surface area contributed by atoms with E-state index in [0.717, 1.165) is 12.5 Å². The van der Waals surface area contributed by atoms with Crippen LogP contribution in [0.5, 0.6) is 5.75 Å². The molecule has 28 heavy (non-hydrogen) atoms. The van der Waals surface area contributed by atoms with Crippen LogP contribution in [0.1, 0.15) is 20.3 Å². The summed E-state index contributed by atoms with van der Waals surface area (Å²) in [5.74, 6) is -0.166. The number of aromatic nitrogens is 2. The molecule has 0 aliphatic carbocycles. The SMILES string of the molecule is CC(CN)CC(C)COc1cnc(-c2ccnc3cc(F)cc(F)c23)cc1Cl. The fourth-order valence-corrected chi connectivity index (χ4v) is 3.38. The highest BCUT2D eigenvalue weighted by atomic mass is 35.5. The molecule has 0 bridgehead atoms. The first-order chi connectivity index (χ1) is 13.4. The Kier molecular flexibility index (Phi) is 6.42. The third-order valence-electron chi connectivity index (χ3n) is 4.58. The Labute approximate surface area is 167 Å². The van der Waals surface area contributed by atoms with Crippen molar-refractivity contribution < 1.29 is 13.5 Å². The van der Waals surface area contributed by atoms with Gasteiger partial charge in [-0.2, -0.15) is 0 Å². The highest BCUT2D eigenvalue weighted by molar-refractivity contribution is 6.32. The summed E-state index contributed by atoms with van der Waals surface area (Å²) in [6.07, 6.45) is 3.96. The lowest BCUT2D eigenvalue weighted by molar-refractivity contribution is 0.236. The zero-order valence-electron chi connectivity index (χ0n) is 15.8. The molecule has 3 rings (SSSR count). The van der Waals surface area contributed by atoms with Gasteiger partial charge in [0.1, 0.15) is 11.6 Å². The van der Waals surface area contributed by atoms with Crippen LogP contribution in [0.15, 0.2) is 36.7 Å². The lowest BCUT2D eigenvalue weighted by Crippen LogP contribution is -2.17. The molecule has 0 saturated heterocycles. The Balaban J connectivity index is 1.84. The van der Waals surface area contributed by atoms with Crippen molar-refractivity contribution in [3.8, 4) is 17.0 Å². The lowest BCUT2D eigenvalue weighted by Gasteiger charge is -2.17. The summed E-state index contributed by atoms with van der Waals surface area (Å²) in [6.45, 7) is 5.33. The largest absolute Gasteiger partial charge is 0.490 e. The first-order valence-corrected chi connectivity index (χ1v) is 9.49. The van der Waals surface area contributed by atoms with Crippen molar-refractivity contribution >= 4 is 22.5 Å². The van der Waals surface area contributed by atoms with Crippen LogP contribution in [0.3, 0.4) is 0 Å². The summed E-state index contributed by atoms with van der Waals surface area (Å²) in [5, 5.41) is 0.571. The van der Waals surface area contributed by atoms with E-state index in [-0.39, 0.29) is 10.9 Å². The predicted octanol–water partition coefficient (Wildman–Crippen LogP) is 5.23. The van der Waals surface area contributed by atoms with Gasteiger partial charge < -0.3 is 10.5 Å². The van der Waals surface area contributed by atoms with E-state index in [1.54, 1.807) is 12.1 Å². The minimum atomic E-state index is -0.695. The maximum absolute atomic E-state index is 14.3. The van der Waals surface area contributed by atoms with Gasteiger partial charge in [-0.1, -0.05) is 25.4 Å². The smallest absolute Gasteiger partial charge is 0.156 e. The molecule has 0 fully saturated rings. The standard InChI is InChI=1S/C21H22ClF2N3O/c1-12(9-25)5-13(2)11-28-20-10-27-18(8-16(20)22)15-3-4-26-19-7-14(23)6-17(24)21(15)19/h3-4,6-8,10,12-13H,5,9,11,25H2,1-2H3. The van der Waals surface area contributed by atoms with E-state index >= 15 is 0 Å². The first kappa shape index (κ1) is 20.4. The van der Waals surface area contributed by atoms with E-state index in [0.29, 0.717) is 47.0 Å². The number of rotatable bonds is 7. The number of fused-ring (bicyclic) bond motifs is 1. The number of pyridine rings is 2. The number of ether oxygens (including phenoxy) is 1. The van der Waals surface area contributed by atoms with Crippen LogP contribution in [0.2, 0.25) is 5.02 Å². The number of hydrogen-bond donors (Lipinski definition) is 1. The van der Waals surface area contributed by atoms with Crippen LogP contribution in [0.4, 0.5) is 8.78 Å². The maximum atomic E-state index is 14.3. The molecule has 2 atom stereocenters.